The molecule has 0 amide bonds. The predicted octanol–water partition coefficient (Wildman–Crippen LogP) is 3.42. The van der Waals surface area contributed by atoms with Gasteiger partial charge in [-0.1, -0.05) is 19.8 Å². The van der Waals surface area contributed by atoms with Gasteiger partial charge in [-0.25, -0.2) is 0 Å². The second-order valence-corrected chi connectivity index (χ2v) is 6.54. The Balaban J connectivity index is 1.44. The van der Waals surface area contributed by atoms with E-state index in [4.69, 9.17) is 0 Å². The molecule has 1 saturated heterocycles. The molecule has 2 unspecified atom stereocenters. The molecule has 1 heterocycles. The smallest absolute Gasteiger partial charge is 0.00925 e. The van der Waals surface area contributed by atoms with Crippen LogP contribution < -0.4 is 5.32 Å². The SMILES string of the molecule is CC1CCCN(CCCCCCNC2CC2)C1C. The first kappa shape index (κ1) is 14.3. The van der Waals surface area contributed by atoms with Crippen LogP contribution in [0, 0.1) is 5.92 Å². The van der Waals surface area contributed by atoms with Crippen molar-refractivity contribution >= 4 is 0 Å². The van der Waals surface area contributed by atoms with Gasteiger partial charge in [-0.3, -0.25) is 0 Å². The largest absolute Gasteiger partial charge is 0.314 e. The Morgan fingerprint density at radius 3 is 2.56 bits per heavy atom. The zero-order valence-electron chi connectivity index (χ0n) is 12.5. The monoisotopic (exact) mass is 252 g/mol. The van der Waals surface area contributed by atoms with Crippen LogP contribution in [0.5, 0.6) is 0 Å². The molecule has 106 valence electrons. The van der Waals surface area contributed by atoms with Gasteiger partial charge in [0.2, 0.25) is 0 Å². The summed E-state index contributed by atoms with van der Waals surface area (Å²) in [6.07, 6.45) is 11.3. The molecule has 2 nitrogen and oxygen atoms in total. The molecular weight excluding hydrogens is 220 g/mol. The number of hydrogen-bond acceptors (Lipinski definition) is 2. The molecule has 0 bridgehead atoms. The van der Waals surface area contributed by atoms with Gasteiger partial charge in [0.25, 0.3) is 0 Å². The average Bonchev–Trinajstić information content (AvgIpc) is 3.17. The summed E-state index contributed by atoms with van der Waals surface area (Å²) in [7, 11) is 0. The summed E-state index contributed by atoms with van der Waals surface area (Å²) in [6.45, 7) is 8.77. The van der Waals surface area contributed by atoms with E-state index in [2.05, 4.69) is 24.1 Å². The Morgan fingerprint density at radius 2 is 1.78 bits per heavy atom. The van der Waals surface area contributed by atoms with Crippen molar-refractivity contribution in [2.45, 2.75) is 77.3 Å². The zero-order valence-corrected chi connectivity index (χ0v) is 12.5. The van der Waals surface area contributed by atoms with Gasteiger partial charge in [0.1, 0.15) is 0 Å². The highest BCUT2D eigenvalue weighted by Gasteiger charge is 2.23. The van der Waals surface area contributed by atoms with Crippen LogP contribution in [0.25, 0.3) is 0 Å². The third-order valence-electron chi connectivity index (χ3n) is 4.89. The lowest BCUT2D eigenvalue weighted by Gasteiger charge is -2.37. The van der Waals surface area contributed by atoms with Gasteiger partial charge in [0.05, 0.1) is 0 Å². The van der Waals surface area contributed by atoms with E-state index in [1.54, 1.807) is 0 Å². The van der Waals surface area contributed by atoms with E-state index < -0.39 is 0 Å². The van der Waals surface area contributed by atoms with Crippen molar-refractivity contribution in [2.75, 3.05) is 19.6 Å². The molecule has 18 heavy (non-hydrogen) atoms. The molecule has 1 N–H and O–H groups in total. The molecule has 2 atom stereocenters. The van der Waals surface area contributed by atoms with Crippen molar-refractivity contribution < 1.29 is 0 Å². The minimum absolute atomic E-state index is 0.815. The number of piperidine rings is 1. The molecule has 1 aliphatic carbocycles. The van der Waals surface area contributed by atoms with Crippen molar-refractivity contribution in [3.05, 3.63) is 0 Å². The molecule has 1 saturated carbocycles. The van der Waals surface area contributed by atoms with Gasteiger partial charge in [0, 0.05) is 12.1 Å². The number of nitrogens with zero attached hydrogens (tertiary/aromatic N) is 1. The van der Waals surface area contributed by atoms with Crippen LogP contribution in [0.3, 0.4) is 0 Å². The average molecular weight is 252 g/mol. The minimum Gasteiger partial charge on any atom is -0.314 e. The molecule has 0 spiro atoms. The minimum atomic E-state index is 0.815. The standard InChI is InChI=1S/C16H32N2/c1-14-8-7-13-18(15(14)2)12-6-4-3-5-11-17-16-9-10-16/h14-17H,3-13H2,1-2H3. The molecule has 2 heteroatoms. The molecule has 2 fully saturated rings. The quantitative estimate of drug-likeness (QED) is 0.666. The summed E-state index contributed by atoms with van der Waals surface area (Å²) in [6, 6.07) is 1.70. The molecule has 0 aromatic rings. The van der Waals surface area contributed by atoms with Gasteiger partial charge < -0.3 is 10.2 Å². The fourth-order valence-corrected chi connectivity index (χ4v) is 3.12. The van der Waals surface area contributed by atoms with Gasteiger partial charge >= 0.3 is 0 Å². The Morgan fingerprint density at radius 1 is 1.00 bits per heavy atom. The van der Waals surface area contributed by atoms with Crippen LogP contribution >= 0.6 is 0 Å². The van der Waals surface area contributed by atoms with E-state index in [0.29, 0.717) is 0 Å². The zero-order chi connectivity index (χ0) is 12.8. The van der Waals surface area contributed by atoms with Crippen LogP contribution in [0.4, 0.5) is 0 Å². The van der Waals surface area contributed by atoms with Gasteiger partial charge in [-0.2, -0.15) is 0 Å². The first-order valence-corrected chi connectivity index (χ1v) is 8.25. The molecule has 0 aromatic carbocycles. The molecule has 0 aromatic heterocycles. The van der Waals surface area contributed by atoms with Crippen molar-refractivity contribution in [1.82, 2.24) is 10.2 Å². The number of likely N-dealkylation sites (tertiary alicyclic amines) is 1. The first-order valence-electron chi connectivity index (χ1n) is 8.25. The maximum absolute atomic E-state index is 3.60. The van der Waals surface area contributed by atoms with Crippen LogP contribution in [0.2, 0.25) is 0 Å². The van der Waals surface area contributed by atoms with E-state index >= 15 is 0 Å². The topological polar surface area (TPSA) is 15.3 Å². The summed E-state index contributed by atoms with van der Waals surface area (Å²) in [5, 5.41) is 3.60. The molecule has 1 aliphatic heterocycles. The third kappa shape index (κ3) is 4.89. The Labute approximate surface area is 114 Å². The highest BCUT2D eigenvalue weighted by atomic mass is 15.2. The number of rotatable bonds is 8. The fraction of sp³-hybridized carbons (Fsp3) is 1.00. The number of unbranched alkanes of at least 4 members (excludes halogenated alkanes) is 3. The van der Waals surface area contributed by atoms with Gasteiger partial charge in [-0.15, -0.1) is 0 Å². The highest BCUT2D eigenvalue weighted by Crippen LogP contribution is 2.23. The van der Waals surface area contributed by atoms with Crippen LogP contribution in [0.1, 0.15) is 65.2 Å². The van der Waals surface area contributed by atoms with E-state index in [-0.39, 0.29) is 0 Å². The summed E-state index contributed by atoms with van der Waals surface area (Å²) in [5.74, 6) is 0.904. The third-order valence-corrected chi connectivity index (χ3v) is 4.89. The van der Waals surface area contributed by atoms with Gasteiger partial charge in [0.15, 0.2) is 0 Å². The molecule has 2 aliphatic rings. The number of nitrogens with one attached hydrogen (secondary N) is 1. The second-order valence-electron chi connectivity index (χ2n) is 6.54. The maximum atomic E-state index is 3.60. The van der Waals surface area contributed by atoms with E-state index in [1.165, 1.54) is 71.0 Å². The van der Waals surface area contributed by atoms with Crippen molar-refractivity contribution in [2.24, 2.45) is 5.92 Å². The Kier molecular flexibility index (Phi) is 5.97. The lowest BCUT2D eigenvalue weighted by atomic mass is 9.92. The Hall–Kier alpha value is -0.0800. The van der Waals surface area contributed by atoms with Crippen molar-refractivity contribution in [1.29, 1.82) is 0 Å². The van der Waals surface area contributed by atoms with Crippen molar-refractivity contribution in [3.63, 3.8) is 0 Å². The molecule has 2 rings (SSSR count). The van der Waals surface area contributed by atoms with E-state index in [0.717, 1.165) is 18.0 Å². The Bertz CT molecular complexity index is 225. The summed E-state index contributed by atoms with van der Waals surface area (Å²) in [5.41, 5.74) is 0. The van der Waals surface area contributed by atoms with Crippen molar-refractivity contribution in [3.8, 4) is 0 Å². The maximum Gasteiger partial charge on any atom is 0.00925 e. The van der Waals surface area contributed by atoms with E-state index in [9.17, 15) is 0 Å². The van der Waals surface area contributed by atoms with Crippen LogP contribution in [-0.2, 0) is 0 Å². The molecule has 0 radical (unpaired) electrons. The lowest BCUT2D eigenvalue weighted by Crippen LogP contribution is -2.42. The normalized spacial score (nSPS) is 29.7. The highest BCUT2D eigenvalue weighted by molar-refractivity contribution is 4.80. The second kappa shape index (κ2) is 7.49. The summed E-state index contributed by atoms with van der Waals surface area (Å²) in [4.78, 5) is 2.72. The summed E-state index contributed by atoms with van der Waals surface area (Å²) >= 11 is 0. The van der Waals surface area contributed by atoms with Gasteiger partial charge in [-0.05, 0) is 71.0 Å². The fourth-order valence-electron chi connectivity index (χ4n) is 3.12. The first-order chi connectivity index (χ1) is 8.77. The molecular formula is C16H32N2. The predicted molar refractivity (Wildman–Crippen MR) is 78.9 cm³/mol. The lowest BCUT2D eigenvalue weighted by molar-refractivity contribution is 0.112. The number of hydrogen-bond donors (Lipinski definition) is 1. The van der Waals surface area contributed by atoms with Crippen LogP contribution in [0.15, 0.2) is 0 Å². The summed E-state index contributed by atoms with van der Waals surface area (Å²) < 4.78 is 0. The van der Waals surface area contributed by atoms with Crippen LogP contribution in [-0.4, -0.2) is 36.6 Å². The van der Waals surface area contributed by atoms with E-state index in [1.807, 2.05) is 0 Å².